The van der Waals surface area contributed by atoms with E-state index in [4.69, 9.17) is 0 Å². The van der Waals surface area contributed by atoms with Crippen LogP contribution in [-0.2, 0) is 6.18 Å². The van der Waals surface area contributed by atoms with E-state index in [9.17, 15) is 4.39 Å². The second-order valence-corrected chi connectivity index (χ2v) is 17.1. The number of hydrogen-bond donors (Lipinski definition) is 0. The SMILES string of the molecule is Fc1c(F)c(F)c(-c2cc(-n3c4ccccc4c4cc(-c5ccc(-c6ccccc6)nc5)ccc43)c(C(F)(F)F)c(-n3c4ccccc4c4cc(-c5ccc(-c6ccccc6)nc5)ccc43)c2)c(F)c1F. The van der Waals surface area contributed by atoms with E-state index in [-0.39, 0.29) is 22.1 Å². The molecule has 0 aliphatic carbocycles. The molecule has 0 aliphatic heterocycles. The lowest BCUT2D eigenvalue weighted by Gasteiger charge is -2.23. The summed E-state index contributed by atoms with van der Waals surface area (Å²) >= 11 is 0. The molecule has 12 heteroatoms. The van der Waals surface area contributed by atoms with Gasteiger partial charge in [-0.15, -0.1) is 0 Å². The number of rotatable bonds is 7. The molecule has 0 saturated heterocycles. The molecule has 4 heterocycles. The summed E-state index contributed by atoms with van der Waals surface area (Å²) < 4.78 is 129. The maximum atomic E-state index is 16.5. The van der Waals surface area contributed by atoms with Crippen LogP contribution in [0.25, 0.3) is 111 Å². The number of fused-ring (bicyclic) bond motifs is 6. The average molecular weight is 949 g/mol. The van der Waals surface area contributed by atoms with Gasteiger partial charge in [-0.2, -0.15) is 13.2 Å². The lowest BCUT2D eigenvalue weighted by molar-refractivity contribution is -0.137. The summed E-state index contributed by atoms with van der Waals surface area (Å²) in [5.41, 5.74) is 2.74. The van der Waals surface area contributed by atoms with Gasteiger partial charge < -0.3 is 9.13 Å². The van der Waals surface area contributed by atoms with Crippen LogP contribution >= 0.6 is 0 Å². The zero-order valence-corrected chi connectivity index (χ0v) is 36.8. The van der Waals surface area contributed by atoms with E-state index in [1.165, 1.54) is 9.13 Å². The summed E-state index contributed by atoms with van der Waals surface area (Å²) in [5, 5.41) is 2.12. The molecule has 0 N–H and O–H groups in total. The number of halogens is 8. The van der Waals surface area contributed by atoms with Crippen molar-refractivity contribution in [1.29, 1.82) is 0 Å². The van der Waals surface area contributed by atoms with Gasteiger partial charge in [-0.05, 0) is 77.4 Å². The molecular weight excluding hydrogens is 917 g/mol. The minimum absolute atomic E-state index is 0.272. The maximum Gasteiger partial charge on any atom is 0.420 e. The van der Waals surface area contributed by atoms with E-state index >= 15 is 30.7 Å². The number of pyridine rings is 2. The molecule has 71 heavy (non-hydrogen) atoms. The van der Waals surface area contributed by atoms with Crippen LogP contribution in [0.4, 0.5) is 35.1 Å². The van der Waals surface area contributed by atoms with Crippen LogP contribution in [0.15, 0.2) is 194 Å². The lowest BCUT2D eigenvalue weighted by atomic mass is 9.97. The molecule has 0 atom stereocenters. The van der Waals surface area contributed by atoms with Crippen molar-refractivity contribution in [1.82, 2.24) is 19.1 Å². The summed E-state index contributed by atoms with van der Waals surface area (Å²) in [6.07, 6.45) is -1.78. The molecule has 12 rings (SSSR count). The van der Waals surface area contributed by atoms with Crippen LogP contribution in [0.2, 0.25) is 0 Å². The first kappa shape index (κ1) is 43.4. The third-order valence-corrected chi connectivity index (χ3v) is 13.0. The Morgan fingerprint density at radius 3 is 1.11 bits per heavy atom. The molecule has 4 nitrogen and oxygen atoms in total. The Kier molecular flexibility index (Phi) is 10.2. The highest BCUT2D eigenvalue weighted by molar-refractivity contribution is 6.12. The smallest absolute Gasteiger partial charge is 0.309 e. The Morgan fingerprint density at radius 1 is 0.324 bits per heavy atom. The Morgan fingerprint density at radius 2 is 0.704 bits per heavy atom. The average Bonchev–Trinajstić information content (AvgIpc) is 3.92. The quantitative estimate of drug-likeness (QED) is 0.0907. The van der Waals surface area contributed by atoms with Gasteiger partial charge in [-0.25, -0.2) is 22.0 Å². The number of hydrogen-bond acceptors (Lipinski definition) is 2. The molecule has 0 amide bonds. The first-order valence-electron chi connectivity index (χ1n) is 22.3. The summed E-state index contributed by atoms with van der Waals surface area (Å²) in [6.45, 7) is 0. The second kappa shape index (κ2) is 16.7. The maximum absolute atomic E-state index is 16.5. The van der Waals surface area contributed by atoms with Gasteiger partial charge in [0.2, 0.25) is 5.82 Å². The van der Waals surface area contributed by atoms with Crippen molar-refractivity contribution in [2.75, 3.05) is 0 Å². The highest BCUT2D eigenvalue weighted by Crippen LogP contribution is 2.48. The van der Waals surface area contributed by atoms with Crippen molar-refractivity contribution in [2.45, 2.75) is 6.18 Å². The van der Waals surface area contributed by atoms with Crippen LogP contribution in [0.1, 0.15) is 5.56 Å². The molecule has 0 bridgehead atoms. The van der Waals surface area contributed by atoms with Crippen molar-refractivity contribution >= 4 is 43.6 Å². The van der Waals surface area contributed by atoms with E-state index in [0.29, 0.717) is 32.7 Å². The number of para-hydroxylation sites is 2. The Labute approximate surface area is 399 Å². The molecule has 0 unspecified atom stereocenters. The molecule has 0 spiro atoms. The van der Waals surface area contributed by atoms with Gasteiger partial charge >= 0.3 is 6.18 Å². The molecule has 344 valence electrons. The van der Waals surface area contributed by atoms with Gasteiger partial charge in [0.1, 0.15) is 5.56 Å². The second-order valence-electron chi connectivity index (χ2n) is 17.1. The number of nitrogens with zero attached hydrogens (tertiary/aromatic N) is 4. The fourth-order valence-electron chi connectivity index (χ4n) is 9.77. The van der Waals surface area contributed by atoms with Crippen molar-refractivity contribution in [3.05, 3.63) is 229 Å². The largest absolute Gasteiger partial charge is 0.420 e. The normalized spacial score (nSPS) is 11.9. The molecule has 0 radical (unpaired) electrons. The fourth-order valence-corrected chi connectivity index (χ4v) is 9.77. The lowest BCUT2D eigenvalue weighted by Crippen LogP contribution is -2.16. The van der Waals surface area contributed by atoms with Gasteiger partial charge in [-0.1, -0.05) is 121 Å². The van der Waals surface area contributed by atoms with Crippen LogP contribution in [0.5, 0.6) is 0 Å². The van der Waals surface area contributed by atoms with Gasteiger partial charge in [-0.3, -0.25) is 9.97 Å². The van der Waals surface area contributed by atoms with Gasteiger partial charge in [0.05, 0.1) is 50.4 Å². The zero-order valence-electron chi connectivity index (χ0n) is 36.8. The first-order chi connectivity index (χ1) is 34.4. The van der Waals surface area contributed by atoms with Crippen LogP contribution < -0.4 is 0 Å². The summed E-state index contributed by atoms with van der Waals surface area (Å²) in [4.78, 5) is 9.33. The number of alkyl halides is 3. The Balaban J connectivity index is 1.12. The first-order valence-corrected chi connectivity index (χ1v) is 22.3. The number of aromatic nitrogens is 4. The summed E-state index contributed by atoms with van der Waals surface area (Å²) in [5.74, 6) is -11.3. The van der Waals surface area contributed by atoms with E-state index in [2.05, 4.69) is 9.97 Å². The minimum atomic E-state index is -5.19. The summed E-state index contributed by atoms with van der Waals surface area (Å²) in [7, 11) is 0. The zero-order chi connectivity index (χ0) is 48.7. The molecule has 0 saturated carbocycles. The van der Waals surface area contributed by atoms with Crippen molar-refractivity contribution in [2.24, 2.45) is 0 Å². The summed E-state index contributed by atoms with van der Waals surface area (Å²) in [6, 6.07) is 52.2. The van der Waals surface area contributed by atoms with Gasteiger partial charge in [0.15, 0.2) is 23.3 Å². The van der Waals surface area contributed by atoms with Crippen LogP contribution in [-0.4, -0.2) is 19.1 Å². The topological polar surface area (TPSA) is 35.6 Å². The molecule has 8 aromatic carbocycles. The van der Waals surface area contributed by atoms with Gasteiger partial charge in [0.25, 0.3) is 0 Å². The van der Waals surface area contributed by atoms with Crippen molar-refractivity contribution in [3.8, 4) is 67.3 Å². The molecule has 0 aliphatic rings. The minimum Gasteiger partial charge on any atom is -0.309 e. The van der Waals surface area contributed by atoms with E-state index in [0.717, 1.165) is 45.8 Å². The molecule has 0 fully saturated rings. The van der Waals surface area contributed by atoms with Crippen LogP contribution in [0, 0.1) is 29.1 Å². The predicted octanol–water partition coefficient (Wildman–Crippen LogP) is 16.7. The Hall–Kier alpha value is -8.90. The monoisotopic (exact) mass is 948 g/mol. The fraction of sp³-hybridized carbons (Fsp3) is 0.0169. The predicted molar refractivity (Wildman–Crippen MR) is 263 cm³/mol. The van der Waals surface area contributed by atoms with E-state index < -0.39 is 63.3 Å². The van der Waals surface area contributed by atoms with Crippen molar-refractivity contribution < 1.29 is 35.1 Å². The molecule has 4 aromatic heterocycles. The Bertz CT molecular complexity index is 3820. The third kappa shape index (κ3) is 7.12. The third-order valence-electron chi connectivity index (χ3n) is 13.0. The van der Waals surface area contributed by atoms with Gasteiger partial charge in [0, 0.05) is 56.2 Å². The molecule has 12 aromatic rings. The van der Waals surface area contributed by atoms with E-state index in [1.807, 2.05) is 97.1 Å². The standard InChI is InChI=1S/C59H32F8N4/c60-54-52(55(61)57(63)58(64)56(54)62)39-29-50(70-46-17-9-7-15-40(46)42-27-35(21-25-48(42)70)37-19-23-44(68-31-37)33-11-3-1-4-12-33)53(59(65,66)67)51(30-39)71-47-18-10-8-16-41(47)43-28-36(22-26-49(43)71)38-20-24-45(69-32-38)34-13-5-2-6-14-34/h1-32H. The van der Waals surface area contributed by atoms with E-state index in [1.54, 1.807) is 85.2 Å². The highest BCUT2D eigenvalue weighted by Gasteiger charge is 2.40. The van der Waals surface area contributed by atoms with Crippen LogP contribution in [0.3, 0.4) is 0 Å². The van der Waals surface area contributed by atoms with Crippen molar-refractivity contribution in [3.63, 3.8) is 0 Å². The number of benzene rings is 8. The molecular formula is C59H32F8N4. The highest BCUT2D eigenvalue weighted by atomic mass is 19.4.